The molecule has 1 aliphatic carbocycles. The van der Waals surface area contributed by atoms with Crippen LogP contribution in [0.3, 0.4) is 0 Å². The van der Waals surface area contributed by atoms with E-state index < -0.39 is 11.9 Å². The second-order valence-electron chi connectivity index (χ2n) is 7.64. The van der Waals surface area contributed by atoms with E-state index in [1.165, 1.54) is 0 Å². The zero-order valence-electron chi connectivity index (χ0n) is 15.4. The van der Waals surface area contributed by atoms with Crippen LogP contribution in [0.15, 0.2) is 11.2 Å². The molecule has 3 rings (SSSR count). The van der Waals surface area contributed by atoms with Gasteiger partial charge in [0.15, 0.2) is 0 Å². The van der Waals surface area contributed by atoms with E-state index in [0.29, 0.717) is 25.9 Å². The molecule has 0 aromatic carbocycles. The molecule has 4 atom stereocenters. The number of alkyl halides is 3. The first kappa shape index (κ1) is 20.2. The quantitative estimate of drug-likeness (QED) is 0.412. The molecule has 0 bridgehead atoms. The maximum atomic E-state index is 13.3. The van der Waals surface area contributed by atoms with E-state index in [0.717, 1.165) is 6.07 Å². The molecule has 0 spiro atoms. The number of nitrogens with two attached hydrogens (primary N) is 1. The summed E-state index contributed by atoms with van der Waals surface area (Å²) >= 11 is 0. The molecule has 28 heavy (non-hydrogen) atoms. The van der Waals surface area contributed by atoms with Gasteiger partial charge in [0.05, 0.1) is 0 Å². The summed E-state index contributed by atoms with van der Waals surface area (Å²) in [5.41, 5.74) is 12.6. The molecule has 1 saturated carbocycles. The van der Waals surface area contributed by atoms with Gasteiger partial charge in [-0.25, -0.2) is 9.97 Å². The highest BCUT2D eigenvalue weighted by Crippen LogP contribution is 2.54. The third-order valence-electron chi connectivity index (χ3n) is 5.50. The molecule has 8 nitrogen and oxygen atoms in total. The number of fused-ring (bicyclic) bond motifs is 1. The SMILES string of the molecule is C[C@@H](CCN=[N+]=[N-])Cc1nc(N2C[C@@H]3C(CC(N)=O)[C@@H]3C2)cc(C(F)(F)F)n1. The highest BCUT2D eigenvalue weighted by atomic mass is 19.4. The third kappa shape index (κ3) is 4.64. The van der Waals surface area contributed by atoms with Crippen LogP contribution in [0.25, 0.3) is 10.4 Å². The highest BCUT2D eigenvalue weighted by Gasteiger charge is 2.56. The average molecular weight is 397 g/mol. The number of anilines is 1. The number of aromatic nitrogens is 2. The largest absolute Gasteiger partial charge is 0.433 e. The molecule has 1 aliphatic heterocycles. The second kappa shape index (κ2) is 7.83. The van der Waals surface area contributed by atoms with Crippen molar-refractivity contribution in [2.75, 3.05) is 24.5 Å². The number of hydrogen-bond donors (Lipinski definition) is 1. The van der Waals surface area contributed by atoms with Gasteiger partial charge in [0.1, 0.15) is 17.3 Å². The van der Waals surface area contributed by atoms with Crippen molar-refractivity contribution < 1.29 is 18.0 Å². The summed E-state index contributed by atoms with van der Waals surface area (Å²) < 4.78 is 39.9. The van der Waals surface area contributed by atoms with Gasteiger partial charge in [-0.1, -0.05) is 12.0 Å². The van der Waals surface area contributed by atoms with Gasteiger partial charge in [0.25, 0.3) is 0 Å². The van der Waals surface area contributed by atoms with Crippen LogP contribution in [0.4, 0.5) is 19.0 Å². The first-order valence-corrected chi connectivity index (χ1v) is 9.18. The van der Waals surface area contributed by atoms with E-state index in [1.807, 2.05) is 11.8 Å². The van der Waals surface area contributed by atoms with Crippen molar-refractivity contribution in [3.63, 3.8) is 0 Å². The zero-order chi connectivity index (χ0) is 20.5. The molecule has 1 unspecified atom stereocenters. The normalized spacial score (nSPS) is 24.4. The number of azide groups is 1. The lowest BCUT2D eigenvalue weighted by molar-refractivity contribution is -0.141. The Morgan fingerprint density at radius 2 is 2.11 bits per heavy atom. The van der Waals surface area contributed by atoms with Crippen molar-refractivity contribution in [3.05, 3.63) is 28.0 Å². The number of nitrogens with zero attached hydrogens (tertiary/aromatic N) is 6. The Bertz CT molecular complexity index is 781. The minimum atomic E-state index is -4.56. The Morgan fingerprint density at radius 3 is 2.68 bits per heavy atom. The molecule has 2 fully saturated rings. The van der Waals surface area contributed by atoms with Crippen molar-refractivity contribution in [1.82, 2.24) is 9.97 Å². The zero-order valence-corrected chi connectivity index (χ0v) is 15.4. The number of halogens is 3. The number of primary amides is 1. The molecule has 2 aliphatic rings. The lowest BCUT2D eigenvalue weighted by Gasteiger charge is -2.22. The minimum absolute atomic E-state index is 0.0197. The maximum Gasteiger partial charge on any atom is 0.433 e. The molecule has 1 saturated heterocycles. The Balaban J connectivity index is 1.73. The molecule has 152 valence electrons. The van der Waals surface area contributed by atoms with Crippen molar-refractivity contribution >= 4 is 11.7 Å². The van der Waals surface area contributed by atoms with E-state index in [2.05, 4.69) is 20.0 Å². The van der Waals surface area contributed by atoms with Crippen LogP contribution < -0.4 is 10.6 Å². The molecular weight excluding hydrogens is 375 g/mol. The fraction of sp³-hybridized carbons (Fsp3) is 0.706. The van der Waals surface area contributed by atoms with Gasteiger partial charge in [0, 0.05) is 43.5 Å². The summed E-state index contributed by atoms with van der Waals surface area (Å²) in [6.45, 7) is 3.28. The van der Waals surface area contributed by atoms with E-state index in [9.17, 15) is 18.0 Å². The van der Waals surface area contributed by atoms with Crippen molar-refractivity contribution in [3.8, 4) is 0 Å². The Morgan fingerprint density at radius 1 is 1.43 bits per heavy atom. The van der Waals surface area contributed by atoms with Crippen LogP contribution in [-0.2, 0) is 17.4 Å². The van der Waals surface area contributed by atoms with Crippen molar-refractivity contribution in [2.45, 2.75) is 32.4 Å². The van der Waals surface area contributed by atoms with Gasteiger partial charge in [-0.15, -0.1) is 0 Å². The van der Waals surface area contributed by atoms with Crippen LogP contribution in [0.1, 0.15) is 31.3 Å². The molecule has 1 amide bonds. The Kier molecular flexibility index (Phi) is 5.64. The molecule has 0 radical (unpaired) electrons. The van der Waals surface area contributed by atoms with Gasteiger partial charge in [0.2, 0.25) is 5.91 Å². The first-order valence-electron chi connectivity index (χ1n) is 9.18. The van der Waals surface area contributed by atoms with Gasteiger partial charge >= 0.3 is 6.18 Å². The van der Waals surface area contributed by atoms with Crippen LogP contribution in [-0.4, -0.2) is 35.5 Å². The topological polar surface area (TPSA) is 121 Å². The summed E-state index contributed by atoms with van der Waals surface area (Å²) in [6.07, 6.45) is -3.42. The fourth-order valence-electron chi connectivity index (χ4n) is 3.99. The molecular formula is C17H22F3N7O. The Hall–Kier alpha value is -2.55. The smallest absolute Gasteiger partial charge is 0.370 e. The number of carbonyl (C=O) groups excluding carboxylic acids is 1. The van der Waals surface area contributed by atoms with Gasteiger partial charge < -0.3 is 10.6 Å². The van der Waals surface area contributed by atoms with Gasteiger partial charge in [-0.2, -0.15) is 13.2 Å². The average Bonchev–Trinajstić information content (AvgIpc) is 3.03. The number of carbonyl (C=O) groups is 1. The molecule has 1 aromatic rings. The Labute approximate surface area is 159 Å². The van der Waals surface area contributed by atoms with Gasteiger partial charge in [-0.05, 0) is 35.6 Å². The number of hydrogen-bond acceptors (Lipinski definition) is 5. The van der Waals surface area contributed by atoms with Gasteiger partial charge in [-0.3, -0.25) is 4.79 Å². The molecule has 2 heterocycles. The summed E-state index contributed by atoms with van der Waals surface area (Å²) in [7, 11) is 0. The minimum Gasteiger partial charge on any atom is -0.370 e. The summed E-state index contributed by atoms with van der Waals surface area (Å²) in [5, 5.41) is 3.45. The number of piperidine rings is 1. The summed E-state index contributed by atoms with van der Waals surface area (Å²) in [6, 6.07) is 0.988. The van der Waals surface area contributed by atoms with Crippen LogP contribution >= 0.6 is 0 Å². The lowest BCUT2D eigenvalue weighted by Crippen LogP contribution is -2.27. The predicted octanol–water partition coefficient (Wildman–Crippen LogP) is 2.93. The first-order chi connectivity index (χ1) is 13.2. The number of amides is 1. The molecule has 2 N–H and O–H groups in total. The van der Waals surface area contributed by atoms with E-state index in [4.69, 9.17) is 11.3 Å². The standard InChI is InChI=1S/C17H22F3N7O/c1-9(2-3-23-26-22)4-15-24-13(17(18,19)20)6-16(25-15)27-7-11-10(5-14(21)28)12(11)8-27/h6,9-12H,2-5,7-8H2,1H3,(H2,21,28)/t9-,10?,11-,12+/m0/s1. The fourth-order valence-corrected chi connectivity index (χ4v) is 3.99. The highest BCUT2D eigenvalue weighted by molar-refractivity contribution is 5.74. The summed E-state index contributed by atoms with van der Waals surface area (Å²) in [5.74, 6) is 0.833. The molecule has 1 aromatic heterocycles. The lowest BCUT2D eigenvalue weighted by atomic mass is 10.0. The van der Waals surface area contributed by atoms with Crippen LogP contribution in [0, 0.1) is 23.7 Å². The second-order valence-corrected chi connectivity index (χ2v) is 7.64. The monoisotopic (exact) mass is 397 g/mol. The summed E-state index contributed by atoms with van der Waals surface area (Å²) in [4.78, 5) is 23.6. The maximum absolute atomic E-state index is 13.3. The van der Waals surface area contributed by atoms with Crippen molar-refractivity contribution in [1.29, 1.82) is 0 Å². The van der Waals surface area contributed by atoms with E-state index in [-0.39, 0.29) is 54.2 Å². The predicted molar refractivity (Wildman–Crippen MR) is 95.0 cm³/mol. The third-order valence-corrected chi connectivity index (χ3v) is 5.50. The van der Waals surface area contributed by atoms with E-state index in [1.54, 1.807) is 0 Å². The van der Waals surface area contributed by atoms with E-state index >= 15 is 0 Å². The number of rotatable bonds is 8. The van der Waals surface area contributed by atoms with Crippen LogP contribution in [0.2, 0.25) is 0 Å². The molecule has 11 heteroatoms. The van der Waals surface area contributed by atoms with Crippen LogP contribution in [0.5, 0.6) is 0 Å². The van der Waals surface area contributed by atoms with Crippen molar-refractivity contribution in [2.24, 2.45) is 34.5 Å².